The van der Waals surface area contributed by atoms with Crippen molar-refractivity contribution >= 4 is 23.5 Å². The number of benzene rings is 1. The smallest absolute Gasteiger partial charge is 0.322 e. The van der Waals surface area contributed by atoms with Gasteiger partial charge in [0.05, 0.1) is 0 Å². The first kappa shape index (κ1) is 11.5. The maximum atomic E-state index is 11.3. The number of nitrogens with one attached hydrogen (secondary N) is 1. The normalized spacial score (nSPS) is 11.8. The van der Waals surface area contributed by atoms with E-state index >= 15 is 0 Å². The van der Waals surface area contributed by atoms with Gasteiger partial charge in [0.25, 0.3) is 0 Å². The molecular weight excluding hydrogens is 218 g/mol. The lowest BCUT2D eigenvalue weighted by Gasteiger charge is -2.08. The highest BCUT2D eigenvalue weighted by molar-refractivity contribution is 6.30. The van der Waals surface area contributed by atoms with Gasteiger partial charge in [-0.2, -0.15) is 0 Å². The van der Waals surface area contributed by atoms with Crippen molar-refractivity contribution in [1.29, 1.82) is 0 Å². The summed E-state index contributed by atoms with van der Waals surface area (Å²) in [7, 11) is 0. The van der Waals surface area contributed by atoms with E-state index < -0.39 is 23.8 Å². The van der Waals surface area contributed by atoms with Gasteiger partial charge in [-0.25, -0.2) is 0 Å². The van der Waals surface area contributed by atoms with Crippen molar-refractivity contribution in [2.45, 2.75) is 5.38 Å². The fraction of sp³-hybridized carbons (Fsp3) is 0.200. The highest BCUT2D eigenvalue weighted by Crippen LogP contribution is 2.19. The van der Waals surface area contributed by atoms with E-state index in [1.807, 2.05) is 6.07 Å². The Bertz CT molecular complexity index is 353. The van der Waals surface area contributed by atoms with Crippen LogP contribution in [0.5, 0.6) is 0 Å². The SMILES string of the molecule is O=C(O)CNC(=O)C(Cl)c1ccccc1. The van der Waals surface area contributed by atoms with Gasteiger partial charge in [-0.3, -0.25) is 9.59 Å². The largest absolute Gasteiger partial charge is 0.480 e. The van der Waals surface area contributed by atoms with Gasteiger partial charge in [-0.1, -0.05) is 30.3 Å². The van der Waals surface area contributed by atoms with Crippen LogP contribution in [0.25, 0.3) is 0 Å². The van der Waals surface area contributed by atoms with Crippen molar-refractivity contribution in [3.8, 4) is 0 Å². The van der Waals surface area contributed by atoms with E-state index in [1.165, 1.54) is 0 Å². The van der Waals surface area contributed by atoms with Gasteiger partial charge < -0.3 is 10.4 Å². The van der Waals surface area contributed by atoms with E-state index in [4.69, 9.17) is 16.7 Å². The fourth-order valence-electron chi connectivity index (χ4n) is 1.03. The minimum Gasteiger partial charge on any atom is -0.480 e. The molecule has 0 aromatic heterocycles. The first-order valence-electron chi connectivity index (χ1n) is 4.30. The Hall–Kier alpha value is -1.55. The number of carboxylic acid groups (broad SMARTS) is 1. The molecule has 2 N–H and O–H groups in total. The van der Waals surface area contributed by atoms with Gasteiger partial charge in [0.2, 0.25) is 5.91 Å². The minimum atomic E-state index is -1.10. The zero-order chi connectivity index (χ0) is 11.3. The number of carboxylic acids is 1. The van der Waals surface area contributed by atoms with Crippen LogP contribution in [0.1, 0.15) is 10.9 Å². The second-order valence-electron chi connectivity index (χ2n) is 2.88. The molecule has 0 saturated heterocycles. The molecule has 0 fully saturated rings. The fourth-order valence-corrected chi connectivity index (χ4v) is 1.25. The van der Waals surface area contributed by atoms with Crippen LogP contribution in [0.2, 0.25) is 0 Å². The van der Waals surface area contributed by atoms with Gasteiger partial charge in [0.1, 0.15) is 11.9 Å². The van der Waals surface area contributed by atoms with Crippen LogP contribution in [0.15, 0.2) is 30.3 Å². The number of carbonyl (C=O) groups excluding carboxylic acids is 1. The van der Waals surface area contributed by atoms with Crippen molar-refractivity contribution in [2.24, 2.45) is 0 Å². The predicted molar refractivity (Wildman–Crippen MR) is 55.7 cm³/mol. The molecule has 15 heavy (non-hydrogen) atoms. The first-order chi connectivity index (χ1) is 7.11. The number of hydrogen-bond donors (Lipinski definition) is 2. The molecule has 0 aliphatic rings. The summed E-state index contributed by atoms with van der Waals surface area (Å²) in [6.07, 6.45) is 0. The Kier molecular flexibility index (Phi) is 4.12. The summed E-state index contributed by atoms with van der Waals surface area (Å²) in [5.74, 6) is -1.61. The molecule has 1 aromatic rings. The summed E-state index contributed by atoms with van der Waals surface area (Å²) < 4.78 is 0. The summed E-state index contributed by atoms with van der Waals surface area (Å²) in [4.78, 5) is 21.5. The summed E-state index contributed by atoms with van der Waals surface area (Å²) in [6, 6.07) is 8.74. The number of alkyl halides is 1. The van der Waals surface area contributed by atoms with Gasteiger partial charge >= 0.3 is 5.97 Å². The number of carbonyl (C=O) groups is 2. The summed E-state index contributed by atoms with van der Waals surface area (Å²) >= 11 is 5.84. The van der Waals surface area contributed by atoms with E-state index in [0.717, 1.165) is 0 Å². The van der Waals surface area contributed by atoms with Gasteiger partial charge in [-0.05, 0) is 5.56 Å². The molecule has 4 nitrogen and oxygen atoms in total. The Balaban J connectivity index is 2.57. The monoisotopic (exact) mass is 227 g/mol. The Labute approximate surface area is 91.9 Å². The van der Waals surface area contributed by atoms with Crippen LogP contribution in [-0.4, -0.2) is 23.5 Å². The lowest BCUT2D eigenvalue weighted by Crippen LogP contribution is -2.31. The molecule has 1 atom stereocenters. The van der Waals surface area contributed by atoms with E-state index in [0.29, 0.717) is 5.56 Å². The molecule has 0 aliphatic heterocycles. The third kappa shape index (κ3) is 3.59. The number of amides is 1. The zero-order valence-corrected chi connectivity index (χ0v) is 8.57. The van der Waals surface area contributed by atoms with Crippen LogP contribution < -0.4 is 5.32 Å². The average molecular weight is 228 g/mol. The average Bonchev–Trinajstić information content (AvgIpc) is 2.26. The summed E-state index contributed by atoms with van der Waals surface area (Å²) in [5.41, 5.74) is 0.641. The van der Waals surface area contributed by atoms with E-state index in [2.05, 4.69) is 5.32 Å². The van der Waals surface area contributed by atoms with Crippen molar-refractivity contribution in [1.82, 2.24) is 5.32 Å². The maximum absolute atomic E-state index is 11.3. The Morgan fingerprint density at radius 1 is 1.33 bits per heavy atom. The third-order valence-electron chi connectivity index (χ3n) is 1.74. The quantitative estimate of drug-likeness (QED) is 0.759. The Morgan fingerprint density at radius 2 is 1.93 bits per heavy atom. The van der Waals surface area contributed by atoms with Crippen LogP contribution in [-0.2, 0) is 9.59 Å². The van der Waals surface area contributed by atoms with Crippen LogP contribution >= 0.6 is 11.6 Å². The van der Waals surface area contributed by atoms with Gasteiger partial charge in [0.15, 0.2) is 0 Å². The molecular formula is C10H10ClNO3. The second-order valence-corrected chi connectivity index (χ2v) is 3.32. The molecule has 0 radical (unpaired) electrons. The highest BCUT2D eigenvalue weighted by atomic mass is 35.5. The van der Waals surface area contributed by atoms with Crippen LogP contribution in [0.4, 0.5) is 0 Å². The molecule has 0 saturated carbocycles. The molecule has 1 unspecified atom stereocenters. The molecule has 0 bridgehead atoms. The van der Waals surface area contributed by atoms with Crippen molar-refractivity contribution in [2.75, 3.05) is 6.54 Å². The number of hydrogen-bond acceptors (Lipinski definition) is 2. The van der Waals surface area contributed by atoms with Gasteiger partial charge in [-0.15, -0.1) is 11.6 Å². The van der Waals surface area contributed by atoms with E-state index in [-0.39, 0.29) is 0 Å². The summed E-state index contributed by atoms with van der Waals surface area (Å²) in [6.45, 7) is -0.422. The molecule has 80 valence electrons. The summed E-state index contributed by atoms with van der Waals surface area (Å²) in [5, 5.41) is 9.71. The minimum absolute atomic E-state index is 0.422. The molecule has 1 aromatic carbocycles. The van der Waals surface area contributed by atoms with E-state index in [9.17, 15) is 9.59 Å². The standard InChI is InChI=1S/C10H10ClNO3/c11-9(7-4-2-1-3-5-7)10(15)12-6-8(13)14/h1-5,9H,6H2,(H,12,15)(H,13,14). The first-order valence-corrected chi connectivity index (χ1v) is 4.73. The van der Waals surface area contributed by atoms with Crippen LogP contribution in [0.3, 0.4) is 0 Å². The van der Waals surface area contributed by atoms with Gasteiger partial charge in [0, 0.05) is 0 Å². The highest BCUT2D eigenvalue weighted by Gasteiger charge is 2.17. The van der Waals surface area contributed by atoms with Crippen LogP contribution in [0, 0.1) is 0 Å². The predicted octanol–water partition coefficient (Wildman–Crippen LogP) is 1.17. The lowest BCUT2D eigenvalue weighted by molar-refractivity contribution is -0.137. The number of rotatable bonds is 4. The number of aliphatic carboxylic acids is 1. The van der Waals surface area contributed by atoms with Crippen molar-refractivity contribution in [3.05, 3.63) is 35.9 Å². The van der Waals surface area contributed by atoms with Crippen molar-refractivity contribution < 1.29 is 14.7 Å². The zero-order valence-electron chi connectivity index (χ0n) is 7.81. The Morgan fingerprint density at radius 3 is 2.47 bits per heavy atom. The second kappa shape index (κ2) is 5.36. The lowest BCUT2D eigenvalue weighted by atomic mass is 10.1. The molecule has 5 heteroatoms. The molecule has 1 rings (SSSR count). The third-order valence-corrected chi connectivity index (χ3v) is 2.19. The molecule has 0 aliphatic carbocycles. The maximum Gasteiger partial charge on any atom is 0.322 e. The molecule has 0 spiro atoms. The molecule has 1 amide bonds. The molecule has 0 heterocycles. The topological polar surface area (TPSA) is 66.4 Å². The van der Waals surface area contributed by atoms with Crippen molar-refractivity contribution in [3.63, 3.8) is 0 Å². The van der Waals surface area contributed by atoms with E-state index in [1.54, 1.807) is 24.3 Å². The number of halogens is 1.